The third-order valence-electron chi connectivity index (χ3n) is 7.47. The first-order valence-corrected chi connectivity index (χ1v) is 10.9. The summed E-state index contributed by atoms with van der Waals surface area (Å²) in [6, 6.07) is 19.6. The molecule has 2 N–H and O–H groups in total. The lowest BCUT2D eigenvalue weighted by Gasteiger charge is -2.45. The van der Waals surface area contributed by atoms with Gasteiger partial charge < -0.3 is 10.6 Å². The van der Waals surface area contributed by atoms with Crippen molar-refractivity contribution >= 4 is 18.3 Å². The predicted molar refractivity (Wildman–Crippen MR) is 119 cm³/mol. The minimum absolute atomic E-state index is 0. The number of carbonyl (C=O) groups is 1. The molecule has 2 fully saturated rings. The van der Waals surface area contributed by atoms with Crippen LogP contribution < -0.4 is 5.73 Å². The maximum absolute atomic E-state index is 13.6. The Labute approximate surface area is 180 Å². The highest BCUT2D eigenvalue weighted by atomic mass is 35.5. The summed E-state index contributed by atoms with van der Waals surface area (Å²) in [6.45, 7) is 1.54. The summed E-state index contributed by atoms with van der Waals surface area (Å²) >= 11 is 0. The lowest BCUT2D eigenvalue weighted by molar-refractivity contribution is -0.139. The molecule has 3 atom stereocenters. The van der Waals surface area contributed by atoms with Crippen molar-refractivity contribution in [3.05, 3.63) is 71.3 Å². The van der Waals surface area contributed by atoms with Crippen molar-refractivity contribution < 1.29 is 4.79 Å². The van der Waals surface area contributed by atoms with E-state index in [4.69, 9.17) is 5.73 Å². The number of nitrogens with two attached hydrogens (primary N) is 1. The number of halogens is 1. The molecule has 5 rings (SSSR count). The molecule has 0 radical (unpaired) electrons. The van der Waals surface area contributed by atoms with Gasteiger partial charge >= 0.3 is 0 Å². The summed E-state index contributed by atoms with van der Waals surface area (Å²) < 4.78 is 0. The van der Waals surface area contributed by atoms with Gasteiger partial charge in [-0.2, -0.15) is 0 Å². The second-order valence-corrected chi connectivity index (χ2v) is 9.08. The average Bonchev–Trinajstić information content (AvgIpc) is 2.73. The molecule has 0 spiro atoms. The molecule has 154 valence electrons. The van der Waals surface area contributed by atoms with Gasteiger partial charge in [0.25, 0.3) is 0 Å². The fraction of sp³-hybridized carbons (Fsp3) is 0.480. The molecule has 3 aliphatic rings. The number of carbonyl (C=O) groups excluding carboxylic acids is 1. The first-order chi connectivity index (χ1) is 13.7. The van der Waals surface area contributed by atoms with E-state index in [9.17, 15) is 4.79 Å². The Bertz CT molecular complexity index is 841. The highest BCUT2D eigenvalue weighted by molar-refractivity contribution is 5.85. The van der Waals surface area contributed by atoms with Gasteiger partial charge in [-0.1, -0.05) is 61.0 Å². The third kappa shape index (κ3) is 3.83. The van der Waals surface area contributed by atoms with Gasteiger partial charge in [0.1, 0.15) is 0 Å². The monoisotopic (exact) mass is 410 g/mol. The summed E-state index contributed by atoms with van der Waals surface area (Å²) in [5.74, 6) is 1.88. The van der Waals surface area contributed by atoms with E-state index in [1.807, 2.05) is 0 Å². The van der Waals surface area contributed by atoms with E-state index >= 15 is 0 Å². The predicted octanol–water partition coefficient (Wildman–Crippen LogP) is 4.74. The van der Waals surface area contributed by atoms with Crippen molar-refractivity contribution in [3.63, 3.8) is 0 Å². The van der Waals surface area contributed by atoms with Gasteiger partial charge in [0, 0.05) is 31.0 Å². The lowest BCUT2D eigenvalue weighted by atomic mass is 9.64. The van der Waals surface area contributed by atoms with Crippen molar-refractivity contribution in [1.82, 2.24) is 4.90 Å². The number of fused-ring (bicyclic) bond motifs is 3. The molecule has 2 aromatic rings. The molecule has 2 bridgehead atoms. The van der Waals surface area contributed by atoms with Crippen molar-refractivity contribution in [2.45, 2.75) is 50.6 Å². The van der Waals surface area contributed by atoms with Gasteiger partial charge in [-0.3, -0.25) is 4.79 Å². The molecule has 1 heterocycles. The van der Waals surface area contributed by atoms with Gasteiger partial charge in [0.2, 0.25) is 5.91 Å². The van der Waals surface area contributed by atoms with Crippen LogP contribution in [0.15, 0.2) is 54.6 Å². The van der Waals surface area contributed by atoms with Crippen LogP contribution in [0.3, 0.4) is 0 Å². The van der Waals surface area contributed by atoms with E-state index in [1.54, 1.807) is 0 Å². The van der Waals surface area contributed by atoms with E-state index < -0.39 is 0 Å². The smallest absolute Gasteiger partial charge is 0.226 e. The standard InChI is InChI=1S/C25H30N2O.ClH/c26-24-18-10-6-11-19(24)14-21(13-18)25(28)27-15-20-9-4-5-12-22(20)23(16-27)17-7-2-1-3-8-17;/h1-5,7-9,12,18-19,21,23-24H,6,10-11,13-16,26H2;1H. The number of amides is 1. The number of nitrogens with zero attached hydrogens (tertiary/aromatic N) is 1. The zero-order valence-corrected chi connectivity index (χ0v) is 17.7. The van der Waals surface area contributed by atoms with Crippen LogP contribution in [0.2, 0.25) is 0 Å². The molecule has 3 unspecified atom stereocenters. The maximum atomic E-state index is 13.6. The molecule has 2 aliphatic carbocycles. The van der Waals surface area contributed by atoms with Crippen LogP contribution in [0.5, 0.6) is 0 Å². The van der Waals surface area contributed by atoms with Gasteiger partial charge in [-0.25, -0.2) is 0 Å². The van der Waals surface area contributed by atoms with E-state index in [0.717, 1.165) is 25.9 Å². The Morgan fingerprint density at radius 3 is 2.31 bits per heavy atom. The second kappa shape index (κ2) is 8.49. The van der Waals surface area contributed by atoms with Crippen LogP contribution in [0.4, 0.5) is 0 Å². The summed E-state index contributed by atoms with van der Waals surface area (Å²) in [5.41, 5.74) is 10.4. The van der Waals surface area contributed by atoms with Crippen LogP contribution in [0, 0.1) is 17.8 Å². The Morgan fingerprint density at radius 2 is 1.59 bits per heavy atom. The molecule has 3 nitrogen and oxygen atoms in total. The lowest BCUT2D eigenvalue weighted by Crippen LogP contribution is -2.50. The van der Waals surface area contributed by atoms with Gasteiger partial charge in [-0.15, -0.1) is 12.4 Å². The molecule has 1 aliphatic heterocycles. The normalized spacial score (nSPS) is 30.8. The number of hydrogen-bond donors (Lipinski definition) is 1. The van der Waals surface area contributed by atoms with E-state index in [2.05, 4.69) is 59.5 Å². The minimum atomic E-state index is 0. The average molecular weight is 411 g/mol. The van der Waals surface area contributed by atoms with Crippen molar-refractivity contribution in [2.75, 3.05) is 6.54 Å². The number of benzene rings is 2. The first-order valence-electron chi connectivity index (χ1n) is 10.9. The first kappa shape index (κ1) is 20.4. The SMILES string of the molecule is Cl.NC1C2CCCC1CC(C(=O)N1Cc3ccccc3C(c3ccccc3)C1)C2. The largest absolute Gasteiger partial charge is 0.337 e. The molecule has 0 aromatic heterocycles. The van der Waals surface area contributed by atoms with Crippen molar-refractivity contribution in [2.24, 2.45) is 23.5 Å². The van der Waals surface area contributed by atoms with Crippen LogP contribution in [-0.4, -0.2) is 23.4 Å². The molecule has 2 aromatic carbocycles. The highest BCUT2D eigenvalue weighted by Gasteiger charge is 2.42. The zero-order valence-electron chi connectivity index (χ0n) is 16.9. The topological polar surface area (TPSA) is 46.3 Å². The molecule has 2 saturated carbocycles. The van der Waals surface area contributed by atoms with Crippen molar-refractivity contribution in [3.8, 4) is 0 Å². The van der Waals surface area contributed by atoms with E-state index in [0.29, 0.717) is 23.8 Å². The van der Waals surface area contributed by atoms with E-state index in [1.165, 1.54) is 36.0 Å². The van der Waals surface area contributed by atoms with Gasteiger partial charge in [-0.05, 0) is 54.2 Å². The molecule has 4 heteroatoms. The second-order valence-electron chi connectivity index (χ2n) is 9.08. The summed E-state index contributed by atoms with van der Waals surface area (Å²) in [7, 11) is 0. The Balaban J connectivity index is 0.00000205. The van der Waals surface area contributed by atoms with Crippen LogP contribution in [0.1, 0.15) is 54.7 Å². The molecular formula is C25H31ClN2O. The van der Waals surface area contributed by atoms with Crippen molar-refractivity contribution in [1.29, 1.82) is 0 Å². The maximum Gasteiger partial charge on any atom is 0.226 e. The zero-order chi connectivity index (χ0) is 19.1. The Hall–Kier alpha value is -1.84. The van der Waals surface area contributed by atoms with Crippen LogP contribution in [0.25, 0.3) is 0 Å². The molecule has 29 heavy (non-hydrogen) atoms. The fourth-order valence-electron chi connectivity index (χ4n) is 5.99. The van der Waals surface area contributed by atoms with Gasteiger partial charge in [0.15, 0.2) is 0 Å². The summed E-state index contributed by atoms with van der Waals surface area (Å²) in [4.78, 5) is 15.7. The Kier molecular flexibility index (Phi) is 5.98. The number of rotatable bonds is 2. The minimum Gasteiger partial charge on any atom is -0.337 e. The fourth-order valence-corrected chi connectivity index (χ4v) is 5.99. The van der Waals surface area contributed by atoms with Crippen LogP contribution >= 0.6 is 12.4 Å². The Morgan fingerprint density at radius 1 is 0.931 bits per heavy atom. The highest BCUT2D eigenvalue weighted by Crippen LogP contribution is 2.43. The van der Waals surface area contributed by atoms with Crippen LogP contribution in [-0.2, 0) is 11.3 Å². The molecular weight excluding hydrogens is 380 g/mol. The summed E-state index contributed by atoms with van der Waals surface area (Å²) in [6.07, 6.45) is 5.68. The van der Waals surface area contributed by atoms with Gasteiger partial charge in [0.05, 0.1) is 0 Å². The summed E-state index contributed by atoms with van der Waals surface area (Å²) in [5, 5.41) is 0. The molecule has 1 amide bonds. The molecule has 0 saturated heterocycles. The third-order valence-corrected chi connectivity index (χ3v) is 7.47. The number of hydrogen-bond acceptors (Lipinski definition) is 2. The van der Waals surface area contributed by atoms with E-state index in [-0.39, 0.29) is 24.2 Å². The quantitative estimate of drug-likeness (QED) is 0.777.